The molecule has 0 aliphatic heterocycles. The first-order valence-electron chi connectivity index (χ1n) is 8.10. The molecule has 4 aromatic rings. The van der Waals surface area contributed by atoms with Gasteiger partial charge in [0.05, 0.1) is 11.9 Å². The fourth-order valence-corrected chi connectivity index (χ4v) is 2.64. The van der Waals surface area contributed by atoms with E-state index in [4.69, 9.17) is 4.74 Å². The molecule has 130 valence electrons. The molecule has 26 heavy (non-hydrogen) atoms. The van der Waals surface area contributed by atoms with Crippen LogP contribution >= 0.6 is 0 Å². The summed E-state index contributed by atoms with van der Waals surface area (Å²) in [6, 6.07) is 10.3. The van der Waals surface area contributed by atoms with E-state index in [1.165, 1.54) is 12.3 Å². The van der Waals surface area contributed by atoms with Crippen molar-refractivity contribution >= 4 is 11.3 Å². The summed E-state index contributed by atoms with van der Waals surface area (Å²) in [7, 11) is 0. The third-order valence-electron chi connectivity index (χ3n) is 3.83. The minimum atomic E-state index is -0.431. The van der Waals surface area contributed by atoms with E-state index in [1.54, 1.807) is 41.3 Å². The second-order valence-corrected chi connectivity index (χ2v) is 5.80. The highest BCUT2D eigenvalue weighted by molar-refractivity contribution is 5.67. The second kappa shape index (κ2) is 6.79. The molecule has 0 atom stereocenters. The van der Waals surface area contributed by atoms with Gasteiger partial charge >= 0.3 is 0 Å². The van der Waals surface area contributed by atoms with Crippen LogP contribution in [-0.2, 0) is 6.54 Å². The van der Waals surface area contributed by atoms with Crippen molar-refractivity contribution < 1.29 is 9.13 Å². The largest absolute Gasteiger partial charge is 0.453 e. The number of benzene rings is 1. The van der Waals surface area contributed by atoms with Gasteiger partial charge in [-0.3, -0.25) is 4.98 Å². The molecular weight excluding hydrogens is 333 g/mol. The van der Waals surface area contributed by atoms with Crippen LogP contribution in [-0.4, -0.2) is 19.6 Å². The molecule has 6 nitrogen and oxygen atoms in total. The lowest BCUT2D eigenvalue weighted by molar-refractivity contribution is 0.440. The van der Waals surface area contributed by atoms with E-state index in [0.717, 1.165) is 16.8 Å². The number of aryl methyl sites for hydroxylation is 1. The van der Waals surface area contributed by atoms with Gasteiger partial charge < -0.3 is 10.1 Å². The highest BCUT2D eigenvalue weighted by Gasteiger charge is 2.08. The average molecular weight is 349 g/mol. The van der Waals surface area contributed by atoms with E-state index < -0.39 is 5.82 Å². The molecule has 0 unspecified atom stereocenters. The van der Waals surface area contributed by atoms with Gasteiger partial charge in [0.2, 0.25) is 0 Å². The molecule has 1 aromatic carbocycles. The summed E-state index contributed by atoms with van der Waals surface area (Å²) in [6.07, 6.45) is 6.63. The third kappa shape index (κ3) is 3.32. The van der Waals surface area contributed by atoms with E-state index in [-0.39, 0.29) is 5.75 Å². The number of nitrogens with one attached hydrogen (secondary N) is 1. The molecule has 0 saturated carbocycles. The Morgan fingerprint density at radius 1 is 1.19 bits per heavy atom. The molecule has 0 bridgehead atoms. The summed E-state index contributed by atoms with van der Waals surface area (Å²) < 4.78 is 21.6. The smallest absolute Gasteiger partial charge is 0.166 e. The van der Waals surface area contributed by atoms with Gasteiger partial charge in [0, 0.05) is 25.1 Å². The zero-order chi connectivity index (χ0) is 17.9. The highest BCUT2D eigenvalue weighted by atomic mass is 19.1. The van der Waals surface area contributed by atoms with E-state index in [1.807, 2.05) is 19.1 Å². The molecule has 0 aliphatic rings. The first-order chi connectivity index (χ1) is 12.7. The Morgan fingerprint density at radius 2 is 2.12 bits per heavy atom. The Morgan fingerprint density at radius 3 is 2.92 bits per heavy atom. The van der Waals surface area contributed by atoms with E-state index in [2.05, 4.69) is 20.4 Å². The summed E-state index contributed by atoms with van der Waals surface area (Å²) in [4.78, 5) is 8.28. The van der Waals surface area contributed by atoms with Crippen LogP contribution in [0.5, 0.6) is 11.5 Å². The quantitative estimate of drug-likeness (QED) is 0.590. The maximum absolute atomic E-state index is 14.3. The van der Waals surface area contributed by atoms with Gasteiger partial charge in [-0.05, 0) is 42.8 Å². The zero-order valence-electron chi connectivity index (χ0n) is 14.1. The van der Waals surface area contributed by atoms with Crippen molar-refractivity contribution in [3.63, 3.8) is 0 Å². The average Bonchev–Trinajstić information content (AvgIpc) is 3.03. The predicted molar refractivity (Wildman–Crippen MR) is 95.8 cm³/mol. The van der Waals surface area contributed by atoms with Gasteiger partial charge in [0.25, 0.3) is 0 Å². The summed E-state index contributed by atoms with van der Waals surface area (Å²) in [5, 5.41) is 7.57. The van der Waals surface area contributed by atoms with Crippen molar-refractivity contribution in [2.24, 2.45) is 0 Å². The minimum absolute atomic E-state index is 0.161. The fraction of sp³-hybridized carbons (Fsp3) is 0.105. The lowest BCUT2D eigenvalue weighted by Gasteiger charge is -2.10. The third-order valence-corrected chi connectivity index (χ3v) is 3.83. The monoisotopic (exact) mass is 349 g/mol. The molecule has 0 saturated heterocycles. The van der Waals surface area contributed by atoms with Gasteiger partial charge in [-0.25, -0.2) is 13.9 Å². The van der Waals surface area contributed by atoms with Gasteiger partial charge in [0.15, 0.2) is 17.4 Å². The number of halogens is 1. The van der Waals surface area contributed by atoms with Crippen molar-refractivity contribution in [3.8, 4) is 11.5 Å². The number of ether oxygens (including phenoxy) is 1. The lowest BCUT2D eigenvalue weighted by atomic mass is 10.2. The number of hydrogen-bond acceptors (Lipinski definition) is 5. The fourth-order valence-electron chi connectivity index (χ4n) is 2.64. The van der Waals surface area contributed by atoms with E-state index in [0.29, 0.717) is 18.1 Å². The molecule has 4 rings (SSSR count). The Labute approximate surface area is 149 Å². The second-order valence-electron chi connectivity index (χ2n) is 5.80. The molecule has 3 aromatic heterocycles. The van der Waals surface area contributed by atoms with Crippen LogP contribution in [0.25, 0.3) is 5.52 Å². The Bertz CT molecular complexity index is 1050. The molecular formula is C19H16FN5O. The Hall–Kier alpha value is -3.48. The molecule has 0 aliphatic carbocycles. The molecule has 7 heteroatoms. The summed E-state index contributed by atoms with van der Waals surface area (Å²) in [6.45, 7) is 2.36. The Balaban J connectivity index is 1.49. The summed E-state index contributed by atoms with van der Waals surface area (Å²) in [5.41, 5.74) is 2.56. The van der Waals surface area contributed by atoms with E-state index >= 15 is 0 Å². The van der Waals surface area contributed by atoms with Crippen LogP contribution in [0.2, 0.25) is 0 Å². The number of hydrogen-bond donors (Lipinski definition) is 1. The first-order valence-corrected chi connectivity index (χ1v) is 8.10. The highest BCUT2D eigenvalue weighted by Crippen LogP contribution is 2.25. The topological polar surface area (TPSA) is 64.3 Å². The molecule has 0 radical (unpaired) electrons. The van der Waals surface area contributed by atoms with E-state index in [9.17, 15) is 4.39 Å². The molecule has 0 fully saturated rings. The van der Waals surface area contributed by atoms with Crippen LogP contribution in [0.1, 0.15) is 11.3 Å². The SMILES string of the molecule is Cc1cc2c(NCc3ccc(Oc4cccnc4)c(F)c3)nccn2n1. The number of aromatic nitrogens is 4. The first kappa shape index (κ1) is 16.0. The number of anilines is 1. The standard InChI is InChI=1S/C19H16FN5O/c1-13-9-17-19(22-7-8-25(17)24-13)23-11-14-4-5-18(16(20)10-14)26-15-3-2-6-21-12-15/h2-10,12H,11H2,1H3,(H,22,23). The van der Waals surface area contributed by atoms with Gasteiger partial charge in [-0.15, -0.1) is 0 Å². The number of rotatable bonds is 5. The van der Waals surface area contributed by atoms with Crippen LogP contribution in [0.4, 0.5) is 10.2 Å². The van der Waals surface area contributed by atoms with Gasteiger partial charge in [-0.2, -0.15) is 5.10 Å². The minimum Gasteiger partial charge on any atom is -0.453 e. The summed E-state index contributed by atoms with van der Waals surface area (Å²) in [5.74, 6) is 0.918. The van der Waals surface area contributed by atoms with Gasteiger partial charge in [0.1, 0.15) is 11.3 Å². The molecule has 3 heterocycles. The number of nitrogens with zero attached hydrogens (tertiary/aromatic N) is 4. The normalized spacial score (nSPS) is 10.8. The summed E-state index contributed by atoms with van der Waals surface area (Å²) >= 11 is 0. The van der Waals surface area contributed by atoms with Crippen LogP contribution < -0.4 is 10.1 Å². The molecule has 0 amide bonds. The van der Waals surface area contributed by atoms with Crippen LogP contribution in [0.15, 0.2) is 61.2 Å². The number of fused-ring (bicyclic) bond motifs is 1. The maximum atomic E-state index is 14.3. The van der Waals surface area contributed by atoms with Gasteiger partial charge in [-0.1, -0.05) is 6.07 Å². The number of pyridine rings is 1. The van der Waals surface area contributed by atoms with Crippen molar-refractivity contribution in [2.45, 2.75) is 13.5 Å². The van der Waals surface area contributed by atoms with Crippen molar-refractivity contribution in [2.75, 3.05) is 5.32 Å². The maximum Gasteiger partial charge on any atom is 0.166 e. The lowest BCUT2D eigenvalue weighted by Crippen LogP contribution is -2.04. The predicted octanol–water partition coefficient (Wildman–Crippen LogP) is 3.98. The molecule has 1 N–H and O–H groups in total. The van der Waals surface area contributed by atoms with Crippen molar-refractivity contribution in [1.29, 1.82) is 0 Å². The van der Waals surface area contributed by atoms with Crippen LogP contribution in [0, 0.1) is 12.7 Å². The molecule has 0 spiro atoms. The van der Waals surface area contributed by atoms with Crippen molar-refractivity contribution in [1.82, 2.24) is 19.6 Å². The Kier molecular flexibility index (Phi) is 4.18. The van der Waals surface area contributed by atoms with Crippen LogP contribution in [0.3, 0.4) is 0 Å². The van der Waals surface area contributed by atoms with Crippen molar-refractivity contribution in [3.05, 3.63) is 78.3 Å². The zero-order valence-corrected chi connectivity index (χ0v) is 14.1.